The molecular weight excluding hydrogens is 294 g/mol. The van der Waals surface area contributed by atoms with Gasteiger partial charge in [0.25, 0.3) is 0 Å². The van der Waals surface area contributed by atoms with Crippen LogP contribution in [0.5, 0.6) is 0 Å². The van der Waals surface area contributed by atoms with Gasteiger partial charge in [0.05, 0.1) is 11.7 Å². The Balaban J connectivity index is 1.99. The fourth-order valence-electron chi connectivity index (χ4n) is 3.16. The summed E-state index contributed by atoms with van der Waals surface area (Å²) in [6, 6.07) is 8.74. The highest BCUT2D eigenvalue weighted by atomic mass is 16.8. The van der Waals surface area contributed by atoms with Gasteiger partial charge < -0.3 is 15.3 Å². The first-order valence-corrected chi connectivity index (χ1v) is 7.62. The van der Waals surface area contributed by atoms with Crippen molar-refractivity contribution in [1.82, 2.24) is 4.98 Å². The third-order valence-electron chi connectivity index (χ3n) is 4.24. The van der Waals surface area contributed by atoms with Crippen molar-refractivity contribution in [3.8, 4) is 0 Å². The molecule has 1 aromatic carbocycles. The average molecular weight is 312 g/mol. The Hall–Kier alpha value is -2.44. The van der Waals surface area contributed by atoms with E-state index in [0.717, 1.165) is 43.3 Å². The van der Waals surface area contributed by atoms with Crippen molar-refractivity contribution < 1.29 is 10.0 Å². The Bertz CT molecular complexity index is 676. The summed E-state index contributed by atoms with van der Waals surface area (Å²) in [4.78, 5) is 17.8. The van der Waals surface area contributed by atoms with Gasteiger partial charge in [0.1, 0.15) is 0 Å². The van der Waals surface area contributed by atoms with E-state index < -0.39 is 0 Å². The van der Waals surface area contributed by atoms with Crippen LogP contribution in [0.1, 0.15) is 41.2 Å². The van der Waals surface area contributed by atoms with Gasteiger partial charge in [0.15, 0.2) is 6.29 Å². The molecule has 6 heteroatoms. The number of benzene rings is 1. The van der Waals surface area contributed by atoms with Gasteiger partial charge in [-0.05, 0) is 49.1 Å². The molecule has 0 bridgehead atoms. The van der Waals surface area contributed by atoms with Gasteiger partial charge in [-0.25, -0.2) is 0 Å². The van der Waals surface area contributed by atoms with Crippen LogP contribution in [-0.4, -0.2) is 23.0 Å². The predicted octanol–water partition coefficient (Wildman–Crippen LogP) is 3.32. The number of carbonyl (C=O) groups excluding carboxylic acids is 1. The molecule has 1 atom stereocenters. The second-order valence-corrected chi connectivity index (χ2v) is 5.63. The molecule has 0 aliphatic carbocycles. The Kier molecular flexibility index (Phi) is 4.55. The molecule has 0 radical (unpaired) electrons. The molecule has 0 saturated carbocycles. The molecule has 1 fully saturated rings. The maximum atomic E-state index is 11.4. The number of anilines is 2. The second-order valence-electron chi connectivity index (χ2n) is 5.63. The summed E-state index contributed by atoms with van der Waals surface area (Å²) in [6.45, 7) is 0.833. The fraction of sp³-hybridized carbons (Fsp3) is 0.294. The van der Waals surface area contributed by atoms with E-state index >= 15 is 0 Å². The van der Waals surface area contributed by atoms with E-state index in [4.69, 9.17) is 5.21 Å². The number of aldehydes is 1. The van der Waals surface area contributed by atoms with Gasteiger partial charge in [0.2, 0.25) is 0 Å². The SMILES string of the molecule is O=Cc1cc(N([O-])O)ccc1N1CCCCC1c1cccnc1. The van der Waals surface area contributed by atoms with Gasteiger partial charge >= 0.3 is 0 Å². The van der Waals surface area contributed by atoms with Crippen LogP contribution in [0.25, 0.3) is 0 Å². The number of hydrogen-bond acceptors (Lipinski definition) is 6. The lowest BCUT2D eigenvalue weighted by Crippen LogP contribution is -2.34. The van der Waals surface area contributed by atoms with Crippen molar-refractivity contribution in [3.63, 3.8) is 0 Å². The number of piperidine rings is 1. The average Bonchev–Trinajstić information content (AvgIpc) is 2.62. The molecule has 0 amide bonds. The van der Waals surface area contributed by atoms with Crippen LogP contribution in [-0.2, 0) is 0 Å². The molecule has 2 heterocycles. The zero-order chi connectivity index (χ0) is 16.2. The predicted molar refractivity (Wildman–Crippen MR) is 87.6 cm³/mol. The third kappa shape index (κ3) is 3.18. The topological polar surface area (TPSA) is 79.7 Å². The number of pyridine rings is 1. The van der Waals surface area contributed by atoms with E-state index in [1.165, 1.54) is 12.1 Å². The minimum Gasteiger partial charge on any atom is -0.733 e. The van der Waals surface area contributed by atoms with E-state index in [-0.39, 0.29) is 17.0 Å². The highest BCUT2D eigenvalue weighted by Gasteiger charge is 2.26. The van der Waals surface area contributed by atoms with Crippen LogP contribution >= 0.6 is 0 Å². The van der Waals surface area contributed by atoms with E-state index in [2.05, 4.69) is 9.88 Å². The first kappa shape index (κ1) is 15.5. The molecular formula is C17H18N3O3-. The molecule has 23 heavy (non-hydrogen) atoms. The number of rotatable bonds is 4. The molecule has 1 saturated heterocycles. The largest absolute Gasteiger partial charge is 0.733 e. The molecule has 1 unspecified atom stereocenters. The molecule has 0 spiro atoms. The van der Waals surface area contributed by atoms with Crippen molar-refractivity contribution in [1.29, 1.82) is 0 Å². The minimum absolute atomic E-state index is 0.0470. The molecule has 1 N–H and O–H groups in total. The molecule has 2 aromatic rings. The fourth-order valence-corrected chi connectivity index (χ4v) is 3.16. The normalized spacial score (nSPS) is 17.8. The quantitative estimate of drug-likeness (QED) is 0.689. The molecule has 120 valence electrons. The number of nitrogens with zero attached hydrogens (tertiary/aromatic N) is 3. The van der Waals surface area contributed by atoms with Crippen LogP contribution in [0.3, 0.4) is 0 Å². The zero-order valence-electron chi connectivity index (χ0n) is 12.6. The maximum absolute atomic E-state index is 11.4. The van der Waals surface area contributed by atoms with Crippen molar-refractivity contribution in [2.24, 2.45) is 0 Å². The van der Waals surface area contributed by atoms with Crippen LogP contribution < -0.4 is 10.1 Å². The lowest BCUT2D eigenvalue weighted by Gasteiger charge is -2.38. The van der Waals surface area contributed by atoms with Crippen molar-refractivity contribution in [3.05, 3.63) is 59.1 Å². The van der Waals surface area contributed by atoms with Crippen LogP contribution in [0.15, 0.2) is 42.7 Å². The third-order valence-corrected chi connectivity index (χ3v) is 4.24. The Morgan fingerprint density at radius 1 is 1.35 bits per heavy atom. The van der Waals surface area contributed by atoms with Crippen LogP contribution in [0.2, 0.25) is 0 Å². The molecule has 1 aromatic heterocycles. The van der Waals surface area contributed by atoms with Gasteiger partial charge in [-0.2, -0.15) is 0 Å². The Morgan fingerprint density at radius 3 is 2.91 bits per heavy atom. The Morgan fingerprint density at radius 2 is 2.22 bits per heavy atom. The second kappa shape index (κ2) is 6.76. The van der Waals surface area contributed by atoms with E-state index in [1.54, 1.807) is 12.3 Å². The summed E-state index contributed by atoms with van der Waals surface area (Å²) in [5.41, 5.74) is 2.33. The lowest BCUT2D eigenvalue weighted by atomic mass is 9.95. The van der Waals surface area contributed by atoms with Gasteiger partial charge in [-0.1, -0.05) is 6.07 Å². The zero-order valence-corrected chi connectivity index (χ0v) is 12.6. The van der Waals surface area contributed by atoms with Crippen molar-refractivity contribution in [2.75, 3.05) is 16.7 Å². The first-order chi connectivity index (χ1) is 11.2. The molecule has 1 aliphatic heterocycles. The summed E-state index contributed by atoms with van der Waals surface area (Å²) < 4.78 is 0. The smallest absolute Gasteiger partial charge is 0.152 e. The molecule has 3 rings (SSSR count). The monoisotopic (exact) mass is 312 g/mol. The number of aromatic nitrogens is 1. The van der Waals surface area contributed by atoms with Crippen LogP contribution in [0, 0.1) is 5.21 Å². The van der Waals surface area contributed by atoms with Crippen molar-refractivity contribution in [2.45, 2.75) is 25.3 Å². The maximum Gasteiger partial charge on any atom is 0.152 e. The van der Waals surface area contributed by atoms with Gasteiger partial charge in [-0.3, -0.25) is 15.0 Å². The van der Waals surface area contributed by atoms with E-state index in [9.17, 15) is 10.0 Å². The van der Waals surface area contributed by atoms with Gasteiger partial charge in [0, 0.05) is 30.2 Å². The summed E-state index contributed by atoms with van der Waals surface area (Å²) in [5.74, 6) is 0. The minimum atomic E-state index is -0.231. The van der Waals surface area contributed by atoms with Gasteiger partial charge in [-0.15, -0.1) is 0 Å². The highest BCUT2D eigenvalue weighted by molar-refractivity contribution is 5.87. The van der Waals surface area contributed by atoms with E-state index in [0.29, 0.717) is 5.56 Å². The number of carbonyl (C=O) groups is 1. The van der Waals surface area contributed by atoms with Crippen molar-refractivity contribution >= 4 is 17.7 Å². The first-order valence-electron chi connectivity index (χ1n) is 7.62. The van der Waals surface area contributed by atoms with Crippen LogP contribution in [0.4, 0.5) is 11.4 Å². The Labute approximate surface area is 134 Å². The lowest BCUT2D eigenvalue weighted by molar-refractivity contribution is 0.112. The summed E-state index contributed by atoms with van der Waals surface area (Å²) >= 11 is 0. The molecule has 1 aliphatic rings. The summed E-state index contributed by atoms with van der Waals surface area (Å²) in [7, 11) is 0. The number of hydrogen-bond donors (Lipinski definition) is 1. The summed E-state index contributed by atoms with van der Waals surface area (Å²) in [5, 5.41) is 19.8. The standard InChI is InChI=1S/C17H18N3O3/c21-12-14-10-15(20(22)23)6-7-17(14)19-9-2-1-5-16(19)13-4-3-8-18-11-13/h3-4,6-8,10-12,16,22H,1-2,5,9H2/q-1. The van der Waals surface area contributed by atoms with E-state index in [1.807, 2.05) is 18.3 Å². The summed E-state index contributed by atoms with van der Waals surface area (Å²) in [6.07, 6.45) is 7.47. The highest BCUT2D eigenvalue weighted by Crippen LogP contribution is 2.37. The molecule has 6 nitrogen and oxygen atoms in total.